The number of benzene rings is 5. The molecule has 12 nitrogen and oxygen atoms in total. The molecule has 0 aliphatic rings. The second-order valence-electron chi connectivity index (χ2n) is 20.8. The molecule has 5 aromatic carbocycles. The highest BCUT2D eigenvalue weighted by Gasteiger charge is 2.33. The van der Waals surface area contributed by atoms with Gasteiger partial charge in [-0.1, -0.05) is 111 Å². The van der Waals surface area contributed by atoms with Crippen molar-refractivity contribution in [2.24, 2.45) is 10.4 Å². The predicted octanol–water partition coefficient (Wildman–Crippen LogP) is 14.0. The van der Waals surface area contributed by atoms with E-state index in [0.717, 1.165) is 69.1 Å². The molecule has 1 atom stereocenters. The zero-order valence-corrected chi connectivity index (χ0v) is 45.6. The highest BCUT2D eigenvalue weighted by molar-refractivity contribution is 6.68. The van der Waals surface area contributed by atoms with Crippen LogP contribution in [0.4, 0.5) is 22.7 Å². The Bertz CT molecular complexity index is 3110. The molecule has 0 saturated heterocycles. The van der Waals surface area contributed by atoms with Gasteiger partial charge in [0.2, 0.25) is 0 Å². The minimum atomic E-state index is -0.875. The van der Waals surface area contributed by atoms with Crippen LogP contribution in [0.3, 0.4) is 0 Å². The summed E-state index contributed by atoms with van der Waals surface area (Å²) in [4.78, 5) is 49.6. The van der Waals surface area contributed by atoms with Crippen LogP contribution in [0.15, 0.2) is 89.9 Å². The van der Waals surface area contributed by atoms with Crippen LogP contribution < -0.4 is 20.3 Å². The van der Waals surface area contributed by atoms with Crippen molar-refractivity contribution in [3.63, 3.8) is 0 Å². The predicted molar refractivity (Wildman–Crippen MR) is 293 cm³/mol. The number of hydrogen-bond donors (Lipinski definition) is 3. The van der Waals surface area contributed by atoms with E-state index in [1.54, 1.807) is 39.0 Å². The van der Waals surface area contributed by atoms with E-state index in [1.807, 2.05) is 103 Å². The lowest BCUT2D eigenvalue weighted by Crippen LogP contribution is -2.37. The van der Waals surface area contributed by atoms with Crippen LogP contribution in [0, 0.1) is 26.2 Å². The number of amides is 2. The number of ether oxygens (including phenoxy) is 1. The first-order valence-electron chi connectivity index (χ1n) is 24.4. The summed E-state index contributed by atoms with van der Waals surface area (Å²) in [5.74, 6) is -0.448. The number of aliphatic imine (C=N–C) groups is 1. The first kappa shape index (κ1) is 54.1. The van der Waals surface area contributed by atoms with E-state index < -0.39 is 23.2 Å². The Hall–Kier alpha value is -6.24. The van der Waals surface area contributed by atoms with Crippen LogP contribution in [-0.4, -0.2) is 62.2 Å². The fourth-order valence-electron chi connectivity index (χ4n) is 8.03. The maximum absolute atomic E-state index is 13.8. The molecule has 2 amide bonds. The molecular weight excluding hydrogens is 934 g/mol. The molecule has 0 aliphatic carbocycles. The largest absolute Gasteiger partial charge is 0.505 e. The molecule has 1 unspecified atom stereocenters. The SMILES string of the molecule is CCC(Oc1ccc(C(C)(C)CC)cc1C(C)(C)CC)C(=O)Nc1ccc(Cl)c(NC(=O)C(=Nc2ccc(N(C)CC)cc2C)C(=O)C(C)(C)C)c1.Cc1cc(C)c(O)c(-n2n3c4ccc(Cl)cc4n23)c1. The number of nitrogens with one attached hydrogen (secondary N) is 2. The number of rotatable bonds is 16. The standard InChI is InChI=1S/C43H59ClN4O4.C14H12ClN3O/c1-14-35(52-36-23-18-28(42(9,10)15-2)25-31(36)43(11,12)16-3)39(50)45-29-19-21-32(44)34(26-29)47-40(51)37(38(49)41(6,7)8)46-33-22-20-30(24-27(33)5)48(13)17-4;1-8-5-9(2)14(19)13(6-8)18-16-11-4-3-10(15)7-12(11)17(16)18/h18-26,35H,14-17H2,1-13H3,(H,45,50)(H,47,51);3-7,19H,1-2H3. The minimum Gasteiger partial charge on any atom is -0.505 e. The molecule has 71 heavy (non-hydrogen) atoms. The third-order valence-electron chi connectivity index (χ3n) is 13.6. The van der Waals surface area contributed by atoms with E-state index in [4.69, 9.17) is 27.9 Å². The Balaban J connectivity index is 0.000000355. The van der Waals surface area contributed by atoms with Gasteiger partial charge in [0.05, 0.1) is 16.4 Å². The van der Waals surface area contributed by atoms with E-state index in [-0.39, 0.29) is 33.2 Å². The van der Waals surface area contributed by atoms with Gasteiger partial charge in [-0.15, -0.1) is 14.1 Å². The van der Waals surface area contributed by atoms with Crippen LogP contribution in [-0.2, 0) is 25.2 Å². The molecule has 7 aromatic rings. The Morgan fingerprint density at radius 3 is 2.06 bits per heavy atom. The molecule has 0 radical (unpaired) electrons. The van der Waals surface area contributed by atoms with Crippen molar-refractivity contribution in [1.29, 1.82) is 0 Å². The number of ketones is 1. The molecular formula is C57H71Cl2N7O5. The van der Waals surface area contributed by atoms with Crippen molar-refractivity contribution in [3.8, 4) is 17.2 Å². The summed E-state index contributed by atoms with van der Waals surface area (Å²) < 4.78 is 10.4. The molecule has 2 heterocycles. The molecule has 378 valence electrons. The van der Waals surface area contributed by atoms with Gasteiger partial charge in [-0.2, -0.15) is 0 Å². The molecule has 0 aliphatic heterocycles. The van der Waals surface area contributed by atoms with Gasteiger partial charge in [-0.05, 0) is 147 Å². The number of phenolic OH excluding ortho intramolecular Hbond substituents is 1. The van der Waals surface area contributed by atoms with Crippen LogP contribution in [0.5, 0.6) is 11.5 Å². The molecule has 0 spiro atoms. The Morgan fingerprint density at radius 2 is 1.44 bits per heavy atom. The Morgan fingerprint density at radius 1 is 0.761 bits per heavy atom. The number of halogens is 2. The van der Waals surface area contributed by atoms with Crippen molar-refractivity contribution in [2.45, 2.75) is 133 Å². The lowest BCUT2D eigenvalue weighted by atomic mass is 9.76. The number of hydrogen-bond acceptors (Lipinski definition) is 7. The fraction of sp³-hybridized carbons (Fsp3) is 0.404. The average Bonchev–Trinajstić information content (AvgIpc) is 3.99. The Kier molecular flexibility index (Phi) is 16.2. The van der Waals surface area contributed by atoms with Crippen LogP contribution in [0.25, 0.3) is 16.7 Å². The fourth-order valence-corrected chi connectivity index (χ4v) is 8.36. The summed E-state index contributed by atoms with van der Waals surface area (Å²) in [5.41, 5.74) is 8.97. The number of aromatic hydroxyl groups is 1. The molecule has 0 bridgehead atoms. The van der Waals surface area contributed by atoms with E-state index in [0.29, 0.717) is 29.3 Å². The van der Waals surface area contributed by atoms with Crippen molar-refractivity contribution in [1.82, 2.24) is 14.1 Å². The molecule has 7 rings (SSSR count). The maximum atomic E-state index is 13.8. The molecule has 14 heteroatoms. The first-order valence-corrected chi connectivity index (χ1v) is 25.2. The number of nitrogens with zero attached hydrogens (tertiary/aromatic N) is 5. The minimum absolute atomic E-state index is 0.00307. The topological polar surface area (TPSA) is 134 Å². The highest BCUT2D eigenvalue weighted by atomic mass is 35.5. The normalized spacial score (nSPS) is 12.8. The second-order valence-corrected chi connectivity index (χ2v) is 21.7. The summed E-state index contributed by atoms with van der Waals surface area (Å²) in [6, 6.07) is 26.5. The van der Waals surface area contributed by atoms with E-state index >= 15 is 0 Å². The summed E-state index contributed by atoms with van der Waals surface area (Å²) in [6.07, 6.45) is 1.55. The van der Waals surface area contributed by atoms with E-state index in [9.17, 15) is 19.5 Å². The second kappa shape index (κ2) is 21.2. The molecule has 0 saturated carbocycles. The Labute approximate surface area is 429 Å². The van der Waals surface area contributed by atoms with Crippen molar-refractivity contribution in [3.05, 3.63) is 123 Å². The maximum Gasteiger partial charge on any atom is 0.278 e. The summed E-state index contributed by atoms with van der Waals surface area (Å²) in [5, 5.41) is 16.9. The van der Waals surface area contributed by atoms with Gasteiger partial charge in [-0.3, -0.25) is 14.4 Å². The summed E-state index contributed by atoms with van der Waals surface area (Å²) in [7, 11) is 1.99. The van der Waals surface area contributed by atoms with E-state index in [1.165, 1.54) is 5.56 Å². The average molecular weight is 1010 g/mol. The highest BCUT2D eigenvalue weighted by Crippen LogP contribution is 2.40. The zero-order chi connectivity index (χ0) is 52.5. The number of aryl methyl sites for hydroxylation is 3. The van der Waals surface area contributed by atoms with Crippen LogP contribution >= 0.6 is 23.2 Å². The summed E-state index contributed by atoms with van der Waals surface area (Å²) in [6.45, 7) is 29.0. The number of carbonyl (C=O) groups excluding carboxylic acids is 3. The lowest BCUT2D eigenvalue weighted by molar-refractivity contribution is -0.123. The van der Waals surface area contributed by atoms with Gasteiger partial charge >= 0.3 is 0 Å². The third-order valence-corrected chi connectivity index (χ3v) is 14.2. The lowest BCUT2D eigenvalue weighted by Gasteiger charge is -2.31. The number of carbonyl (C=O) groups is 3. The van der Waals surface area contributed by atoms with Gasteiger partial charge < -0.3 is 25.4 Å². The third kappa shape index (κ3) is 11.8. The monoisotopic (exact) mass is 1000 g/mol. The number of fused-ring (bicyclic) bond motifs is 4. The molecule has 2 aromatic heterocycles. The van der Waals surface area contributed by atoms with Crippen molar-refractivity contribution >= 4 is 80.3 Å². The van der Waals surface area contributed by atoms with Crippen molar-refractivity contribution in [2.75, 3.05) is 29.1 Å². The van der Waals surface area contributed by atoms with Gasteiger partial charge in [0.15, 0.2) is 17.6 Å². The first-order chi connectivity index (χ1) is 33.3. The quantitative estimate of drug-likeness (QED) is 0.0652. The van der Waals surface area contributed by atoms with Crippen LogP contribution in [0.1, 0.15) is 123 Å². The van der Waals surface area contributed by atoms with Gasteiger partial charge in [0.25, 0.3) is 11.8 Å². The molecule has 0 fully saturated rings. The van der Waals surface area contributed by atoms with E-state index in [2.05, 4.69) is 81.1 Å². The van der Waals surface area contributed by atoms with Crippen LogP contribution in [0.2, 0.25) is 10.0 Å². The number of Topliss-reactive ketones (excluding diaryl/α,β-unsaturated/α-hetero) is 1. The smallest absolute Gasteiger partial charge is 0.278 e. The number of aromatic nitrogens is 3. The van der Waals surface area contributed by atoms with Gasteiger partial charge in [0, 0.05) is 41.0 Å². The van der Waals surface area contributed by atoms with Crippen molar-refractivity contribution < 1.29 is 24.2 Å². The van der Waals surface area contributed by atoms with Gasteiger partial charge in [-0.25, -0.2) is 4.99 Å². The number of phenols is 1. The molecule has 3 N–H and O–H groups in total. The number of anilines is 3. The zero-order valence-electron chi connectivity index (χ0n) is 44.1. The van der Waals surface area contributed by atoms with Gasteiger partial charge in [0.1, 0.15) is 28.2 Å². The summed E-state index contributed by atoms with van der Waals surface area (Å²) >= 11 is 12.5.